The van der Waals surface area contributed by atoms with Gasteiger partial charge in [-0.1, -0.05) is 0 Å². The SMILES string of the molecule is Oc1sccc1-n1ccc(Oc2ccn(-c3ccsc3O)n2)n1.[Pt]. The van der Waals surface area contributed by atoms with Gasteiger partial charge in [-0.3, -0.25) is 0 Å². The van der Waals surface area contributed by atoms with Crippen LogP contribution in [0.1, 0.15) is 0 Å². The number of thiophene rings is 2. The predicted molar refractivity (Wildman–Crippen MR) is 86.3 cm³/mol. The first kappa shape index (κ1) is 16.8. The van der Waals surface area contributed by atoms with Gasteiger partial charge in [0.05, 0.1) is 0 Å². The van der Waals surface area contributed by atoms with Crippen LogP contribution in [0.15, 0.2) is 47.4 Å². The van der Waals surface area contributed by atoms with Gasteiger partial charge >= 0.3 is 0 Å². The number of hydrogen-bond donors (Lipinski definition) is 2. The minimum Gasteiger partial charge on any atom is -0.498 e. The maximum absolute atomic E-state index is 9.72. The van der Waals surface area contributed by atoms with E-state index in [2.05, 4.69) is 10.2 Å². The van der Waals surface area contributed by atoms with Crippen molar-refractivity contribution in [1.82, 2.24) is 19.6 Å². The van der Waals surface area contributed by atoms with Crippen molar-refractivity contribution in [3.63, 3.8) is 0 Å². The molecule has 10 heteroatoms. The number of aromatic nitrogens is 4. The monoisotopic (exact) mass is 541 g/mol. The molecule has 0 aromatic carbocycles. The van der Waals surface area contributed by atoms with Gasteiger partial charge in [0.1, 0.15) is 11.4 Å². The van der Waals surface area contributed by atoms with Crippen molar-refractivity contribution in [1.29, 1.82) is 0 Å². The summed E-state index contributed by atoms with van der Waals surface area (Å²) in [6.07, 6.45) is 3.39. The molecule has 0 unspecified atom stereocenters. The molecule has 0 saturated carbocycles. The van der Waals surface area contributed by atoms with Gasteiger partial charge in [0.25, 0.3) is 0 Å². The van der Waals surface area contributed by atoms with Crippen LogP contribution in [0.5, 0.6) is 21.9 Å². The van der Waals surface area contributed by atoms with Crippen LogP contribution >= 0.6 is 22.7 Å². The molecule has 126 valence electrons. The third kappa shape index (κ3) is 3.10. The number of nitrogens with zero attached hydrogens (tertiary/aromatic N) is 4. The fraction of sp³-hybridized carbons (Fsp3) is 0. The molecule has 0 aliphatic heterocycles. The van der Waals surface area contributed by atoms with Crippen molar-refractivity contribution in [2.45, 2.75) is 0 Å². The van der Waals surface area contributed by atoms with Crippen molar-refractivity contribution < 1.29 is 36.0 Å². The van der Waals surface area contributed by atoms with Gasteiger partial charge in [-0.15, -0.1) is 32.9 Å². The molecule has 4 heterocycles. The third-order valence-electron chi connectivity index (χ3n) is 3.08. The summed E-state index contributed by atoms with van der Waals surface area (Å²) in [6.45, 7) is 0. The summed E-state index contributed by atoms with van der Waals surface area (Å²) < 4.78 is 8.66. The first-order valence-electron chi connectivity index (χ1n) is 6.53. The Hall–Kier alpha value is -2.09. The van der Waals surface area contributed by atoms with Crippen molar-refractivity contribution in [2.75, 3.05) is 0 Å². The molecule has 0 saturated heterocycles. The topological polar surface area (TPSA) is 85.3 Å². The van der Waals surface area contributed by atoms with Gasteiger partial charge in [0.15, 0.2) is 10.1 Å². The van der Waals surface area contributed by atoms with Crippen LogP contribution in [0.4, 0.5) is 0 Å². The van der Waals surface area contributed by atoms with Gasteiger partial charge in [0.2, 0.25) is 11.8 Å². The molecule has 0 spiro atoms. The zero-order valence-corrected chi connectivity index (χ0v) is 15.7. The van der Waals surface area contributed by atoms with Crippen LogP contribution < -0.4 is 4.74 Å². The third-order valence-corrected chi connectivity index (χ3v) is 4.49. The van der Waals surface area contributed by atoms with E-state index in [1.54, 1.807) is 47.4 Å². The number of rotatable bonds is 4. The molecule has 7 nitrogen and oxygen atoms in total. The normalized spacial score (nSPS) is 10.5. The Labute approximate surface area is 158 Å². The molecule has 0 amide bonds. The predicted octanol–water partition coefficient (Wildman–Crippen LogP) is 3.38. The van der Waals surface area contributed by atoms with E-state index in [0.717, 1.165) is 0 Å². The summed E-state index contributed by atoms with van der Waals surface area (Å²) >= 11 is 2.46. The summed E-state index contributed by atoms with van der Waals surface area (Å²) in [7, 11) is 0. The largest absolute Gasteiger partial charge is 0.498 e. The molecule has 0 atom stereocenters. The Kier molecular flexibility index (Phi) is 4.75. The first-order chi connectivity index (χ1) is 11.2. The second-order valence-electron chi connectivity index (χ2n) is 4.52. The van der Waals surface area contributed by atoms with E-state index in [-0.39, 0.29) is 31.2 Å². The quantitative estimate of drug-likeness (QED) is 0.414. The fourth-order valence-corrected chi connectivity index (χ4v) is 3.25. The smallest absolute Gasteiger partial charge is 0.240 e. The van der Waals surface area contributed by atoms with Crippen LogP contribution in [0.2, 0.25) is 0 Å². The van der Waals surface area contributed by atoms with E-state index in [4.69, 9.17) is 4.74 Å². The van der Waals surface area contributed by atoms with Crippen LogP contribution in [0.3, 0.4) is 0 Å². The minimum absolute atomic E-state index is 0. The van der Waals surface area contributed by atoms with Crippen LogP contribution in [0.25, 0.3) is 11.4 Å². The van der Waals surface area contributed by atoms with Gasteiger partial charge < -0.3 is 14.9 Å². The van der Waals surface area contributed by atoms with E-state index in [0.29, 0.717) is 23.1 Å². The fourth-order valence-electron chi connectivity index (χ4n) is 2.04. The average molecular weight is 541 g/mol. The molecule has 0 fully saturated rings. The van der Waals surface area contributed by atoms with Gasteiger partial charge in [0, 0.05) is 45.6 Å². The van der Waals surface area contributed by atoms with Crippen molar-refractivity contribution >= 4 is 22.7 Å². The van der Waals surface area contributed by atoms with E-state index in [9.17, 15) is 10.2 Å². The van der Waals surface area contributed by atoms with Gasteiger partial charge in [-0.2, -0.15) is 0 Å². The molecule has 0 aliphatic rings. The average Bonchev–Trinajstić information content (AvgIpc) is 3.27. The first-order valence-corrected chi connectivity index (χ1v) is 8.29. The molecule has 4 aromatic rings. The number of aromatic hydroxyl groups is 2. The molecule has 4 rings (SSSR count). The maximum Gasteiger partial charge on any atom is 0.240 e. The number of ether oxygens (including phenoxy) is 1. The molecule has 0 radical (unpaired) electrons. The zero-order chi connectivity index (χ0) is 15.8. The maximum atomic E-state index is 9.72. The Balaban J connectivity index is 0.00000169. The van der Waals surface area contributed by atoms with Gasteiger partial charge in [-0.05, 0) is 22.9 Å². The second-order valence-corrected chi connectivity index (χ2v) is 6.31. The molecule has 4 aromatic heterocycles. The summed E-state index contributed by atoms with van der Waals surface area (Å²) in [4.78, 5) is 0. The van der Waals surface area contributed by atoms with Gasteiger partial charge in [-0.25, -0.2) is 9.36 Å². The summed E-state index contributed by atoms with van der Waals surface area (Å²) in [5, 5.41) is 31.9. The van der Waals surface area contributed by atoms with Crippen LogP contribution in [-0.4, -0.2) is 29.8 Å². The molecular weight excluding hydrogens is 531 g/mol. The Morgan fingerprint density at radius 2 is 1.25 bits per heavy atom. The standard InChI is InChI=1S/C14H10N4O3S2.Pt/c19-13-9(3-7-22-13)17-5-1-11(15-17)21-12-2-6-18(16-12)10-4-8-23-14(10)20;/h1-8,19-20H;. The summed E-state index contributed by atoms with van der Waals surface area (Å²) in [6, 6.07) is 6.89. The van der Waals surface area contributed by atoms with E-state index >= 15 is 0 Å². The van der Waals surface area contributed by atoms with Crippen molar-refractivity contribution in [3.05, 3.63) is 47.4 Å². The number of hydrogen-bond acceptors (Lipinski definition) is 7. The molecule has 2 N–H and O–H groups in total. The van der Waals surface area contributed by atoms with E-state index < -0.39 is 0 Å². The second kappa shape index (κ2) is 6.80. The Morgan fingerprint density at radius 3 is 1.62 bits per heavy atom. The van der Waals surface area contributed by atoms with Crippen molar-refractivity contribution in [2.24, 2.45) is 0 Å². The Morgan fingerprint density at radius 1 is 0.792 bits per heavy atom. The van der Waals surface area contributed by atoms with Crippen molar-refractivity contribution in [3.8, 4) is 33.3 Å². The molecule has 0 bridgehead atoms. The molecule has 24 heavy (non-hydrogen) atoms. The summed E-state index contributed by atoms with van der Waals surface area (Å²) in [5.41, 5.74) is 1.19. The zero-order valence-electron chi connectivity index (χ0n) is 11.8. The van der Waals surface area contributed by atoms with E-state index in [1.807, 2.05) is 0 Å². The minimum atomic E-state index is 0. The van der Waals surface area contributed by atoms with Crippen LogP contribution in [-0.2, 0) is 21.1 Å². The Bertz CT molecular complexity index is 882. The molecule has 0 aliphatic carbocycles. The molecular formula is C14H10N4O3PtS2. The van der Waals surface area contributed by atoms with E-state index in [1.165, 1.54) is 32.0 Å². The van der Waals surface area contributed by atoms with Crippen LogP contribution in [0, 0.1) is 0 Å². The summed E-state index contributed by atoms with van der Waals surface area (Å²) in [5.74, 6) is 0.714.